The fourth-order valence-corrected chi connectivity index (χ4v) is 1.96. The first-order valence-electron chi connectivity index (χ1n) is 6.04. The van der Waals surface area contributed by atoms with E-state index in [0.29, 0.717) is 6.61 Å². The lowest BCUT2D eigenvalue weighted by Gasteiger charge is -2.02. The minimum atomic E-state index is 0. The van der Waals surface area contributed by atoms with Crippen molar-refractivity contribution in [3.63, 3.8) is 0 Å². The monoisotopic (exact) mass is 318 g/mol. The maximum absolute atomic E-state index is 5.43. The Morgan fingerprint density at radius 2 is 1.89 bits per heavy atom. The summed E-state index contributed by atoms with van der Waals surface area (Å²) in [4.78, 5) is 4.58. The summed E-state index contributed by atoms with van der Waals surface area (Å²) in [6.07, 6.45) is 4.03. The van der Waals surface area contributed by atoms with Crippen LogP contribution in [0.4, 0.5) is 0 Å². The van der Waals surface area contributed by atoms with Gasteiger partial charge in [-0.2, -0.15) is 0 Å². The molecule has 1 aromatic carbocycles. The highest BCUT2D eigenvalue weighted by atomic mass is 79.9. The Morgan fingerprint density at radius 3 is 2.58 bits per heavy atom. The molecule has 19 heavy (non-hydrogen) atoms. The quantitative estimate of drug-likeness (QED) is 0.730. The number of nitrogens with zero attached hydrogens (tertiary/aromatic N) is 2. The molecule has 4 heteroatoms. The first kappa shape index (κ1) is 13.6. The van der Waals surface area contributed by atoms with Crippen molar-refractivity contribution in [3.8, 4) is 17.0 Å². The number of aromatic nitrogens is 2. The second kappa shape index (κ2) is 5.89. The summed E-state index contributed by atoms with van der Waals surface area (Å²) in [6, 6.07) is 14.0. The van der Waals surface area contributed by atoms with Crippen molar-refractivity contribution in [1.82, 2.24) is 9.38 Å². The molecule has 0 aliphatic carbocycles. The highest BCUT2D eigenvalue weighted by Crippen LogP contribution is 2.22. The SMILES string of the molecule is Br.CCOc1ccc(-c2cn3ccccc3n2)cc1. The van der Waals surface area contributed by atoms with Gasteiger partial charge >= 0.3 is 0 Å². The van der Waals surface area contributed by atoms with Crippen LogP contribution in [0.25, 0.3) is 16.9 Å². The van der Waals surface area contributed by atoms with Crippen LogP contribution in [0.5, 0.6) is 5.75 Å². The van der Waals surface area contributed by atoms with Crippen LogP contribution in [0, 0.1) is 0 Å². The van der Waals surface area contributed by atoms with Gasteiger partial charge in [-0.25, -0.2) is 4.98 Å². The van der Waals surface area contributed by atoms with E-state index < -0.39 is 0 Å². The van der Waals surface area contributed by atoms with Gasteiger partial charge in [0.05, 0.1) is 12.3 Å². The third-order valence-electron chi connectivity index (χ3n) is 2.83. The number of hydrogen-bond acceptors (Lipinski definition) is 2. The van der Waals surface area contributed by atoms with Crippen LogP contribution in [0.2, 0.25) is 0 Å². The lowest BCUT2D eigenvalue weighted by Crippen LogP contribution is -1.90. The third-order valence-corrected chi connectivity index (χ3v) is 2.83. The van der Waals surface area contributed by atoms with Gasteiger partial charge in [-0.3, -0.25) is 0 Å². The van der Waals surface area contributed by atoms with Gasteiger partial charge in [0.15, 0.2) is 0 Å². The largest absolute Gasteiger partial charge is 0.494 e. The molecule has 0 amide bonds. The van der Waals surface area contributed by atoms with E-state index in [9.17, 15) is 0 Å². The van der Waals surface area contributed by atoms with Crippen molar-refractivity contribution in [2.45, 2.75) is 6.92 Å². The molecular weight excluding hydrogens is 304 g/mol. The molecule has 0 spiro atoms. The Balaban J connectivity index is 0.00000133. The fourth-order valence-electron chi connectivity index (χ4n) is 1.96. The summed E-state index contributed by atoms with van der Waals surface area (Å²) < 4.78 is 7.45. The molecule has 3 nitrogen and oxygen atoms in total. The maximum atomic E-state index is 5.43. The summed E-state index contributed by atoms with van der Waals surface area (Å²) in [6.45, 7) is 2.67. The molecule has 0 aliphatic heterocycles. The molecule has 0 radical (unpaired) electrons. The molecule has 0 saturated carbocycles. The molecule has 0 saturated heterocycles. The number of fused-ring (bicyclic) bond motifs is 1. The van der Waals surface area contributed by atoms with Crippen LogP contribution in [-0.2, 0) is 0 Å². The van der Waals surface area contributed by atoms with Gasteiger partial charge < -0.3 is 9.14 Å². The van der Waals surface area contributed by atoms with E-state index in [2.05, 4.69) is 4.98 Å². The van der Waals surface area contributed by atoms with E-state index >= 15 is 0 Å². The van der Waals surface area contributed by atoms with Gasteiger partial charge in [0.25, 0.3) is 0 Å². The molecule has 0 unspecified atom stereocenters. The zero-order chi connectivity index (χ0) is 12.4. The van der Waals surface area contributed by atoms with E-state index in [1.54, 1.807) is 0 Å². The van der Waals surface area contributed by atoms with E-state index in [4.69, 9.17) is 4.74 Å². The average molecular weight is 319 g/mol. The lowest BCUT2D eigenvalue weighted by molar-refractivity contribution is 0.340. The van der Waals surface area contributed by atoms with E-state index in [0.717, 1.165) is 22.7 Å². The predicted octanol–water partition coefficient (Wildman–Crippen LogP) is 3.98. The van der Waals surface area contributed by atoms with Crippen molar-refractivity contribution in [2.75, 3.05) is 6.61 Å². The van der Waals surface area contributed by atoms with Crippen LogP contribution >= 0.6 is 17.0 Å². The van der Waals surface area contributed by atoms with Crippen LogP contribution in [0.1, 0.15) is 6.92 Å². The van der Waals surface area contributed by atoms with Crippen molar-refractivity contribution in [1.29, 1.82) is 0 Å². The van der Waals surface area contributed by atoms with Crippen molar-refractivity contribution < 1.29 is 4.74 Å². The number of rotatable bonds is 3. The van der Waals surface area contributed by atoms with E-state index in [1.165, 1.54) is 0 Å². The average Bonchev–Trinajstić information content (AvgIpc) is 2.84. The number of halogens is 1. The third kappa shape index (κ3) is 2.79. The van der Waals surface area contributed by atoms with Crippen molar-refractivity contribution in [3.05, 3.63) is 54.9 Å². The fraction of sp³-hybridized carbons (Fsp3) is 0.133. The molecule has 98 valence electrons. The van der Waals surface area contributed by atoms with Gasteiger partial charge in [0, 0.05) is 18.0 Å². The summed E-state index contributed by atoms with van der Waals surface area (Å²) in [7, 11) is 0. The van der Waals surface area contributed by atoms with Gasteiger partial charge in [-0.15, -0.1) is 17.0 Å². The predicted molar refractivity (Wildman–Crippen MR) is 82.1 cm³/mol. The first-order valence-corrected chi connectivity index (χ1v) is 6.04. The van der Waals surface area contributed by atoms with Crippen molar-refractivity contribution in [2.24, 2.45) is 0 Å². The molecule has 2 heterocycles. The van der Waals surface area contributed by atoms with Crippen molar-refractivity contribution >= 4 is 22.6 Å². The number of hydrogen-bond donors (Lipinski definition) is 0. The molecule has 2 aromatic heterocycles. The van der Waals surface area contributed by atoms with E-state index in [-0.39, 0.29) is 17.0 Å². The second-order valence-corrected chi connectivity index (χ2v) is 4.05. The summed E-state index contributed by atoms with van der Waals surface area (Å²) in [5.74, 6) is 0.894. The van der Waals surface area contributed by atoms with Gasteiger partial charge in [0.2, 0.25) is 0 Å². The van der Waals surface area contributed by atoms with Gasteiger partial charge in [-0.1, -0.05) is 6.07 Å². The molecule has 3 rings (SSSR count). The minimum absolute atomic E-state index is 0. The molecule has 0 N–H and O–H groups in total. The minimum Gasteiger partial charge on any atom is -0.494 e. The highest BCUT2D eigenvalue weighted by molar-refractivity contribution is 8.93. The molecule has 0 aliphatic rings. The standard InChI is InChI=1S/C15H14N2O.BrH/c1-2-18-13-8-6-12(7-9-13)14-11-17-10-4-3-5-15(17)16-14;/h3-11H,2H2,1H3;1H. The molecular formula is C15H15BrN2O. The zero-order valence-electron chi connectivity index (χ0n) is 10.6. The Morgan fingerprint density at radius 1 is 1.11 bits per heavy atom. The van der Waals surface area contributed by atoms with Crippen LogP contribution < -0.4 is 4.74 Å². The topological polar surface area (TPSA) is 26.5 Å². The van der Waals surface area contributed by atoms with Gasteiger partial charge in [0.1, 0.15) is 11.4 Å². The first-order chi connectivity index (χ1) is 8.86. The van der Waals surface area contributed by atoms with Crippen LogP contribution in [-0.4, -0.2) is 16.0 Å². The zero-order valence-corrected chi connectivity index (χ0v) is 12.3. The highest BCUT2D eigenvalue weighted by Gasteiger charge is 2.03. The smallest absolute Gasteiger partial charge is 0.137 e. The van der Waals surface area contributed by atoms with Crippen LogP contribution in [0.3, 0.4) is 0 Å². The Labute approximate surface area is 122 Å². The summed E-state index contributed by atoms with van der Waals surface area (Å²) in [5.41, 5.74) is 3.03. The second-order valence-electron chi connectivity index (χ2n) is 4.05. The summed E-state index contributed by atoms with van der Waals surface area (Å²) >= 11 is 0. The Kier molecular flexibility index (Phi) is 4.22. The molecule has 3 aromatic rings. The summed E-state index contributed by atoms with van der Waals surface area (Å²) in [5, 5.41) is 0. The maximum Gasteiger partial charge on any atom is 0.137 e. The number of benzene rings is 1. The molecule has 0 bridgehead atoms. The number of ether oxygens (including phenoxy) is 1. The van der Waals surface area contributed by atoms with E-state index in [1.807, 2.05) is 66.2 Å². The number of pyridine rings is 1. The van der Waals surface area contributed by atoms with Gasteiger partial charge in [-0.05, 0) is 43.3 Å². The Hall–Kier alpha value is -1.81. The lowest BCUT2D eigenvalue weighted by atomic mass is 10.2. The molecule has 0 atom stereocenters. The van der Waals surface area contributed by atoms with Crippen LogP contribution in [0.15, 0.2) is 54.9 Å². The normalized spacial score (nSPS) is 10.2. The number of imidazole rings is 1. The Bertz CT molecular complexity index is 628. The molecule has 0 fully saturated rings.